The van der Waals surface area contributed by atoms with E-state index < -0.39 is 51.7 Å². The van der Waals surface area contributed by atoms with Crippen molar-refractivity contribution in [1.82, 2.24) is 0 Å². The van der Waals surface area contributed by atoms with Crippen LogP contribution in [0.4, 0.5) is 22.0 Å². The number of halogens is 5. The van der Waals surface area contributed by atoms with Gasteiger partial charge in [-0.25, -0.2) is 26.7 Å². The first-order valence-electron chi connectivity index (χ1n) is 14.7. The molecular formula is C34H37F5O2. The van der Waals surface area contributed by atoms with Gasteiger partial charge in [-0.15, -0.1) is 0 Å². The van der Waals surface area contributed by atoms with Crippen LogP contribution in [0.2, 0.25) is 0 Å². The van der Waals surface area contributed by atoms with Gasteiger partial charge in [-0.2, -0.15) is 0 Å². The molecule has 7 heteroatoms. The number of rotatable bonds is 12. The van der Waals surface area contributed by atoms with E-state index in [9.17, 15) is 27.5 Å². The Hall–Kier alpha value is -3.22. The normalized spacial score (nSPS) is 17.1. The quantitative estimate of drug-likeness (QED) is 0.133. The third-order valence-electron chi connectivity index (χ3n) is 8.49. The van der Waals surface area contributed by atoms with Gasteiger partial charge in [-0.1, -0.05) is 95.4 Å². The summed E-state index contributed by atoms with van der Waals surface area (Å²) in [5.41, 5.74) is -0.904. The lowest BCUT2D eigenvalue weighted by Gasteiger charge is -2.28. The molecule has 220 valence electrons. The lowest BCUT2D eigenvalue weighted by atomic mass is 9.77. The Morgan fingerprint density at radius 3 is 1.90 bits per heavy atom. The molecule has 41 heavy (non-hydrogen) atoms. The summed E-state index contributed by atoms with van der Waals surface area (Å²) in [6.07, 6.45) is 14.9. The van der Waals surface area contributed by atoms with Crippen LogP contribution < -0.4 is 0 Å². The van der Waals surface area contributed by atoms with Crippen molar-refractivity contribution in [2.45, 2.75) is 84.0 Å². The van der Waals surface area contributed by atoms with Crippen molar-refractivity contribution >= 4 is 5.97 Å². The molecule has 1 aliphatic carbocycles. The second-order valence-electron chi connectivity index (χ2n) is 11.4. The van der Waals surface area contributed by atoms with Gasteiger partial charge in [0.05, 0.1) is 0 Å². The molecule has 0 spiro atoms. The third-order valence-corrected chi connectivity index (χ3v) is 8.49. The van der Waals surface area contributed by atoms with Crippen molar-refractivity contribution in [2.24, 2.45) is 11.8 Å². The van der Waals surface area contributed by atoms with Gasteiger partial charge in [0.15, 0.2) is 17.5 Å². The molecule has 0 amide bonds. The maximum Gasteiger partial charge on any atom is 0.341 e. The van der Waals surface area contributed by atoms with Gasteiger partial charge in [0.1, 0.15) is 17.2 Å². The molecule has 1 saturated carbocycles. The molecule has 3 aromatic carbocycles. The largest absolute Gasteiger partial charge is 0.477 e. The van der Waals surface area contributed by atoms with Crippen molar-refractivity contribution < 1.29 is 31.9 Å². The predicted molar refractivity (Wildman–Crippen MR) is 151 cm³/mol. The summed E-state index contributed by atoms with van der Waals surface area (Å²) in [4.78, 5) is 11.5. The minimum atomic E-state index is -1.87. The van der Waals surface area contributed by atoms with Crippen LogP contribution in [0, 0.1) is 40.9 Å². The predicted octanol–water partition coefficient (Wildman–Crippen LogP) is 10.5. The van der Waals surface area contributed by atoms with E-state index in [0.29, 0.717) is 23.6 Å². The average Bonchev–Trinajstić information content (AvgIpc) is 2.95. The van der Waals surface area contributed by atoms with Crippen LogP contribution >= 0.6 is 0 Å². The lowest BCUT2D eigenvalue weighted by Crippen LogP contribution is -2.15. The van der Waals surface area contributed by atoms with Crippen molar-refractivity contribution in [3.05, 3.63) is 82.7 Å². The van der Waals surface area contributed by atoms with Gasteiger partial charge < -0.3 is 5.11 Å². The maximum absolute atomic E-state index is 15.4. The number of hydrogen-bond donors (Lipinski definition) is 1. The number of aryl methyl sites for hydroxylation is 1. The summed E-state index contributed by atoms with van der Waals surface area (Å²) in [6.45, 7) is 2.23. The second-order valence-corrected chi connectivity index (χ2v) is 11.4. The Morgan fingerprint density at radius 1 is 0.732 bits per heavy atom. The van der Waals surface area contributed by atoms with Crippen molar-refractivity contribution in [2.75, 3.05) is 0 Å². The highest BCUT2D eigenvalue weighted by atomic mass is 19.2. The van der Waals surface area contributed by atoms with Crippen LogP contribution in [0.15, 0.2) is 42.5 Å². The molecule has 0 heterocycles. The van der Waals surface area contributed by atoms with Gasteiger partial charge in [-0.05, 0) is 65.1 Å². The second kappa shape index (κ2) is 14.1. The van der Waals surface area contributed by atoms with Crippen LogP contribution in [0.1, 0.15) is 93.5 Å². The number of carboxylic acids is 1. The Bertz CT molecular complexity index is 1320. The monoisotopic (exact) mass is 572 g/mol. The molecular weight excluding hydrogens is 535 g/mol. The smallest absolute Gasteiger partial charge is 0.341 e. The highest BCUT2D eigenvalue weighted by Gasteiger charge is 2.27. The van der Waals surface area contributed by atoms with Gasteiger partial charge >= 0.3 is 5.97 Å². The fourth-order valence-electron chi connectivity index (χ4n) is 6.09. The van der Waals surface area contributed by atoms with Gasteiger partial charge in [0, 0.05) is 5.56 Å². The summed E-state index contributed by atoms with van der Waals surface area (Å²) >= 11 is 0. The number of unbranched alkanes of at least 4 members (excludes halogenated alkanes) is 4. The Kier molecular flexibility index (Phi) is 10.6. The summed E-state index contributed by atoms with van der Waals surface area (Å²) in [5.74, 6) is -8.03. The van der Waals surface area contributed by atoms with E-state index in [0.717, 1.165) is 30.4 Å². The molecule has 0 unspecified atom stereocenters. The zero-order valence-electron chi connectivity index (χ0n) is 23.4. The number of aromatic carboxylic acids is 1. The number of hydrogen-bond acceptors (Lipinski definition) is 1. The van der Waals surface area contributed by atoms with Crippen molar-refractivity contribution in [1.29, 1.82) is 0 Å². The minimum absolute atomic E-state index is 0.0880. The first-order valence-corrected chi connectivity index (χ1v) is 14.7. The molecule has 0 aliphatic heterocycles. The molecule has 1 N–H and O–H groups in total. The Morgan fingerprint density at radius 2 is 1.32 bits per heavy atom. The molecule has 2 nitrogen and oxygen atoms in total. The van der Waals surface area contributed by atoms with Gasteiger partial charge in [-0.3, -0.25) is 0 Å². The SMILES string of the molecule is CCCCCCCC1CCC(CCc2ccc(-c3cc(F)c(C(=O)O)c(F)c3-c3cc(F)c(F)c(F)c3)cc2)CC1. The third kappa shape index (κ3) is 7.55. The standard InChI is InChI=1S/C34H37F5O2/c1-2-3-4-5-6-7-21-8-10-22(11-9-21)12-13-23-14-16-24(17-15-23)26-20-27(35)31(34(40)41)33(39)30(26)25-18-28(36)32(38)29(37)19-25/h14-22H,2-13H2,1H3,(H,40,41). The topological polar surface area (TPSA) is 37.3 Å². The van der Waals surface area contributed by atoms with Gasteiger partial charge in [0.2, 0.25) is 0 Å². The maximum atomic E-state index is 15.4. The number of carbonyl (C=O) groups is 1. The van der Waals surface area contributed by atoms with E-state index in [1.165, 1.54) is 64.2 Å². The zero-order valence-corrected chi connectivity index (χ0v) is 23.4. The van der Waals surface area contributed by atoms with Crippen LogP contribution in [0.25, 0.3) is 22.3 Å². The summed E-state index contributed by atoms with van der Waals surface area (Å²) < 4.78 is 71.7. The minimum Gasteiger partial charge on any atom is -0.477 e. The van der Waals surface area contributed by atoms with Crippen molar-refractivity contribution in [3.63, 3.8) is 0 Å². The summed E-state index contributed by atoms with van der Waals surface area (Å²) in [5, 5.41) is 9.33. The first kappa shape index (κ1) is 30.7. The first-order chi connectivity index (χ1) is 19.7. The Balaban J connectivity index is 1.46. The fraction of sp³-hybridized carbons (Fsp3) is 0.441. The molecule has 1 fully saturated rings. The van der Waals surface area contributed by atoms with E-state index in [1.807, 2.05) is 12.1 Å². The Labute approximate surface area is 238 Å². The molecule has 0 atom stereocenters. The molecule has 0 bridgehead atoms. The molecule has 0 saturated heterocycles. The average molecular weight is 573 g/mol. The van der Waals surface area contributed by atoms with Crippen molar-refractivity contribution in [3.8, 4) is 22.3 Å². The number of carboxylic acid groups (broad SMARTS) is 1. The molecule has 3 aromatic rings. The van der Waals surface area contributed by atoms with E-state index in [-0.39, 0.29) is 5.56 Å². The molecule has 4 rings (SSSR count). The van der Waals surface area contributed by atoms with Crippen LogP contribution in [0.5, 0.6) is 0 Å². The van der Waals surface area contributed by atoms with Crippen LogP contribution in [-0.4, -0.2) is 11.1 Å². The molecule has 0 radical (unpaired) electrons. The number of benzene rings is 3. The summed E-state index contributed by atoms with van der Waals surface area (Å²) in [7, 11) is 0. The highest BCUT2D eigenvalue weighted by Crippen LogP contribution is 2.39. The van der Waals surface area contributed by atoms with E-state index in [4.69, 9.17) is 0 Å². The molecule has 1 aliphatic rings. The lowest BCUT2D eigenvalue weighted by molar-refractivity contribution is 0.0686. The zero-order chi connectivity index (χ0) is 29.5. The van der Waals surface area contributed by atoms with E-state index >= 15 is 4.39 Å². The fourth-order valence-corrected chi connectivity index (χ4v) is 6.09. The van der Waals surface area contributed by atoms with Gasteiger partial charge in [0.25, 0.3) is 0 Å². The van der Waals surface area contributed by atoms with E-state index in [2.05, 4.69) is 6.92 Å². The van der Waals surface area contributed by atoms with Crippen LogP contribution in [-0.2, 0) is 6.42 Å². The molecule has 0 aromatic heterocycles. The van der Waals surface area contributed by atoms with E-state index in [1.54, 1.807) is 12.1 Å². The van der Waals surface area contributed by atoms with Crippen LogP contribution in [0.3, 0.4) is 0 Å². The summed E-state index contributed by atoms with van der Waals surface area (Å²) in [6, 6.07) is 8.96. The highest BCUT2D eigenvalue weighted by molar-refractivity contribution is 5.94.